The number of hydrogen-bond donors (Lipinski definition) is 2. The Kier molecular flexibility index (Phi) is 0.845. The summed E-state index contributed by atoms with van der Waals surface area (Å²) in [5.74, 6) is 3.10. The highest BCUT2D eigenvalue weighted by Crippen LogP contribution is 1.79. The number of allylic oxidation sites excluding steroid dienone is 2. The predicted octanol–water partition coefficient (Wildman–Crippen LogP) is -0.469. The van der Waals surface area contributed by atoms with Gasteiger partial charge in [-0.25, -0.2) is 0 Å². The third-order valence-corrected chi connectivity index (χ3v) is 0.587. The van der Waals surface area contributed by atoms with E-state index in [1.807, 2.05) is 0 Å². The number of nitrogens with two attached hydrogens (primary N) is 1. The van der Waals surface area contributed by atoms with Crippen molar-refractivity contribution in [3.05, 3.63) is 18.0 Å². The summed E-state index contributed by atoms with van der Waals surface area (Å²) in [6.45, 7) is 0. The van der Waals surface area contributed by atoms with Gasteiger partial charge in [0, 0.05) is 11.9 Å². The molecule has 1 rings (SSSR count). The van der Waals surface area contributed by atoms with Crippen LogP contribution in [0.4, 0.5) is 0 Å². The van der Waals surface area contributed by atoms with Crippen LogP contribution in [0.1, 0.15) is 0 Å². The first kappa shape index (κ1) is 3.96. The summed E-state index contributed by atoms with van der Waals surface area (Å²) in [6, 6.07) is 0. The molecule has 0 aromatic carbocycles. The topological polar surface area (TPSA) is 50.4 Å². The largest absolute Gasteiger partial charge is 0.384 e. The van der Waals surface area contributed by atoms with Crippen molar-refractivity contribution in [3.8, 4) is 0 Å². The molecule has 0 aromatic heterocycles. The van der Waals surface area contributed by atoms with E-state index in [0.29, 0.717) is 5.82 Å². The van der Waals surface area contributed by atoms with Crippen LogP contribution in [0.15, 0.2) is 23.1 Å². The zero-order valence-electron chi connectivity index (χ0n) is 3.68. The van der Waals surface area contributed by atoms with Crippen molar-refractivity contribution >= 4 is 5.87 Å². The summed E-state index contributed by atoms with van der Waals surface area (Å²) in [7, 11) is 0. The second-order valence-electron chi connectivity index (χ2n) is 1.14. The number of rotatable bonds is 0. The first-order valence-electron chi connectivity index (χ1n) is 1.90. The third kappa shape index (κ3) is 0.809. The van der Waals surface area contributed by atoms with Gasteiger partial charge in [0.25, 0.3) is 0 Å². The number of hydrogen-bond acceptors (Lipinski definition) is 3. The molecule has 0 radical (unpaired) electrons. The van der Waals surface area contributed by atoms with Crippen molar-refractivity contribution in [1.82, 2.24) is 5.43 Å². The minimum atomic E-state index is 0.554. The van der Waals surface area contributed by atoms with Crippen LogP contribution in [0.5, 0.6) is 0 Å². The maximum absolute atomic E-state index is 5.22. The van der Waals surface area contributed by atoms with Gasteiger partial charge in [0.15, 0.2) is 0 Å². The zero-order valence-corrected chi connectivity index (χ0v) is 3.68. The molecule has 7 heavy (non-hydrogen) atoms. The fourth-order valence-electron chi connectivity index (χ4n) is 0.298. The highest BCUT2D eigenvalue weighted by molar-refractivity contribution is 5.56. The Bertz CT molecular complexity index is 150. The number of hydrazone groups is 1. The molecule has 1 aliphatic heterocycles. The van der Waals surface area contributed by atoms with Crippen LogP contribution >= 0.6 is 0 Å². The van der Waals surface area contributed by atoms with E-state index >= 15 is 0 Å². The highest BCUT2D eigenvalue weighted by atomic mass is 15.3. The lowest BCUT2D eigenvalue weighted by Gasteiger charge is -1.95. The van der Waals surface area contributed by atoms with Crippen LogP contribution in [0.2, 0.25) is 0 Å². The van der Waals surface area contributed by atoms with Crippen LogP contribution in [0.3, 0.4) is 0 Å². The van der Waals surface area contributed by atoms with Crippen molar-refractivity contribution in [2.24, 2.45) is 10.8 Å². The van der Waals surface area contributed by atoms with E-state index in [1.165, 1.54) is 0 Å². The van der Waals surface area contributed by atoms with E-state index < -0.39 is 0 Å². The van der Waals surface area contributed by atoms with E-state index in [9.17, 15) is 0 Å². The Morgan fingerprint density at radius 2 is 2.71 bits per heavy atom. The lowest BCUT2D eigenvalue weighted by molar-refractivity contribution is 0.873. The second kappa shape index (κ2) is 1.49. The highest BCUT2D eigenvalue weighted by Gasteiger charge is 1.81. The maximum atomic E-state index is 5.22. The Hall–Kier alpha value is -1.21. The average Bonchev–Trinajstić information content (AvgIpc) is 1.69. The van der Waals surface area contributed by atoms with Crippen LogP contribution in [0, 0.1) is 0 Å². The molecule has 0 spiro atoms. The Labute approximate surface area is 41.2 Å². The predicted molar refractivity (Wildman–Crippen MR) is 27.4 cm³/mol. The first-order chi connectivity index (χ1) is 3.39. The van der Waals surface area contributed by atoms with Gasteiger partial charge in [0.2, 0.25) is 0 Å². The molecule has 0 saturated carbocycles. The zero-order chi connectivity index (χ0) is 5.11. The molecule has 3 nitrogen and oxygen atoms in total. The minimum absolute atomic E-state index is 0.554. The molecule has 1 aliphatic rings. The van der Waals surface area contributed by atoms with E-state index in [4.69, 9.17) is 5.73 Å². The second-order valence-corrected chi connectivity index (χ2v) is 1.14. The molecule has 0 bridgehead atoms. The van der Waals surface area contributed by atoms with Gasteiger partial charge in [-0.2, -0.15) is 0 Å². The van der Waals surface area contributed by atoms with Crippen molar-refractivity contribution in [2.75, 3.05) is 0 Å². The summed E-state index contributed by atoms with van der Waals surface area (Å²) in [5, 5.41) is 3.51. The van der Waals surface area contributed by atoms with E-state index in [0.717, 1.165) is 0 Å². The van der Waals surface area contributed by atoms with Gasteiger partial charge in [-0.1, -0.05) is 0 Å². The average molecular weight is 95.1 g/mol. The van der Waals surface area contributed by atoms with Gasteiger partial charge in [-0.05, 0) is 6.08 Å². The Balaban J connectivity index is 2.77. The third-order valence-electron chi connectivity index (χ3n) is 0.587. The van der Waals surface area contributed by atoms with Crippen molar-refractivity contribution in [2.45, 2.75) is 0 Å². The van der Waals surface area contributed by atoms with Crippen LogP contribution in [-0.2, 0) is 0 Å². The lowest BCUT2D eigenvalue weighted by atomic mass is 10.5. The molecule has 0 saturated heterocycles. The summed E-state index contributed by atoms with van der Waals surface area (Å²) in [6.07, 6.45) is 3.33. The SMILES string of the molecule is NC1=CC=C=NN1. The van der Waals surface area contributed by atoms with Gasteiger partial charge in [-0.3, -0.25) is 5.43 Å². The molecule has 0 aliphatic carbocycles. The van der Waals surface area contributed by atoms with Gasteiger partial charge >= 0.3 is 0 Å². The maximum Gasteiger partial charge on any atom is 0.118 e. The van der Waals surface area contributed by atoms with Crippen molar-refractivity contribution in [1.29, 1.82) is 0 Å². The van der Waals surface area contributed by atoms with Crippen LogP contribution < -0.4 is 11.2 Å². The monoisotopic (exact) mass is 95.0 g/mol. The molecule has 0 atom stereocenters. The van der Waals surface area contributed by atoms with Gasteiger partial charge in [0.05, 0.1) is 0 Å². The molecular weight excluding hydrogens is 90.1 g/mol. The lowest BCUT2D eigenvalue weighted by Crippen LogP contribution is -2.14. The molecular formula is C4H5N3. The smallest absolute Gasteiger partial charge is 0.118 e. The van der Waals surface area contributed by atoms with Gasteiger partial charge in [-0.15, -0.1) is 5.10 Å². The normalized spacial score (nSPS) is 15.7. The Morgan fingerprint density at radius 1 is 1.86 bits per heavy atom. The summed E-state index contributed by atoms with van der Waals surface area (Å²) in [4.78, 5) is 0. The van der Waals surface area contributed by atoms with Crippen LogP contribution in [-0.4, -0.2) is 5.87 Å². The molecule has 3 heteroatoms. The molecule has 1 heterocycles. The number of nitrogens with one attached hydrogen (secondary N) is 1. The number of nitrogens with zero attached hydrogens (tertiary/aromatic N) is 1. The van der Waals surface area contributed by atoms with E-state index in [2.05, 4.69) is 16.4 Å². The molecule has 0 aromatic rings. The fraction of sp³-hybridized carbons (Fsp3) is 0. The Morgan fingerprint density at radius 3 is 3.00 bits per heavy atom. The van der Waals surface area contributed by atoms with Gasteiger partial charge in [0.1, 0.15) is 5.82 Å². The summed E-state index contributed by atoms with van der Waals surface area (Å²) >= 11 is 0. The molecule has 0 amide bonds. The molecule has 0 fully saturated rings. The van der Waals surface area contributed by atoms with E-state index in [-0.39, 0.29) is 0 Å². The first-order valence-corrected chi connectivity index (χ1v) is 1.90. The quantitative estimate of drug-likeness (QED) is 0.427. The van der Waals surface area contributed by atoms with E-state index in [1.54, 1.807) is 12.2 Å². The summed E-state index contributed by atoms with van der Waals surface area (Å²) < 4.78 is 0. The summed E-state index contributed by atoms with van der Waals surface area (Å²) in [5.41, 5.74) is 7.72. The fourth-order valence-corrected chi connectivity index (χ4v) is 0.298. The van der Waals surface area contributed by atoms with Crippen LogP contribution in [0.25, 0.3) is 0 Å². The molecule has 3 N–H and O–H groups in total. The molecule has 0 unspecified atom stereocenters. The van der Waals surface area contributed by atoms with Gasteiger partial charge < -0.3 is 5.73 Å². The minimum Gasteiger partial charge on any atom is -0.384 e. The molecule has 36 valence electrons. The van der Waals surface area contributed by atoms with Crippen molar-refractivity contribution < 1.29 is 0 Å². The van der Waals surface area contributed by atoms with Crippen molar-refractivity contribution in [3.63, 3.8) is 0 Å². The standard InChI is InChI=1S/C4H5N3/c5-4-2-1-3-6-7-4/h1-2,7H,5H2.